The van der Waals surface area contributed by atoms with E-state index in [1.807, 2.05) is 0 Å². The molecule has 0 radical (unpaired) electrons. The van der Waals surface area contributed by atoms with Crippen molar-refractivity contribution < 1.29 is 22.7 Å². The van der Waals surface area contributed by atoms with Crippen LogP contribution in [0.15, 0.2) is 46.0 Å². The monoisotopic (exact) mass is 436 g/mol. The molecule has 2 atom stereocenters. The summed E-state index contributed by atoms with van der Waals surface area (Å²) in [5.41, 5.74) is 0.152. The number of carbonyl (C=O) groups excluding carboxylic acids is 2. The Kier molecular flexibility index (Phi) is 6.92. The molecule has 2 aromatic rings. The van der Waals surface area contributed by atoms with E-state index in [0.29, 0.717) is 5.92 Å². The van der Waals surface area contributed by atoms with Gasteiger partial charge in [0, 0.05) is 6.04 Å². The van der Waals surface area contributed by atoms with Crippen molar-refractivity contribution in [3.8, 4) is 0 Å². The molecule has 3 rings (SSSR count). The zero-order valence-corrected chi connectivity index (χ0v) is 17.7. The van der Waals surface area contributed by atoms with E-state index < -0.39 is 22.6 Å². The first-order valence-corrected chi connectivity index (χ1v) is 11.8. The van der Waals surface area contributed by atoms with E-state index in [2.05, 4.69) is 17.0 Å². The van der Waals surface area contributed by atoms with Gasteiger partial charge in [-0.25, -0.2) is 13.2 Å². The van der Waals surface area contributed by atoms with Crippen molar-refractivity contribution in [1.82, 2.24) is 5.32 Å². The van der Waals surface area contributed by atoms with E-state index >= 15 is 0 Å². The number of amides is 1. The van der Waals surface area contributed by atoms with Gasteiger partial charge in [0.1, 0.15) is 4.21 Å². The molecule has 1 aliphatic rings. The van der Waals surface area contributed by atoms with E-state index in [4.69, 9.17) is 4.74 Å². The zero-order valence-electron chi connectivity index (χ0n) is 16.1. The first-order chi connectivity index (χ1) is 13.9. The summed E-state index contributed by atoms with van der Waals surface area (Å²) in [6, 6.07) is 9.35. The van der Waals surface area contributed by atoms with Crippen molar-refractivity contribution in [1.29, 1.82) is 0 Å². The van der Waals surface area contributed by atoms with E-state index in [1.165, 1.54) is 24.6 Å². The predicted octanol–water partition coefficient (Wildman–Crippen LogP) is 3.40. The minimum Gasteiger partial charge on any atom is -0.452 e. The molecule has 2 unspecified atom stereocenters. The molecule has 1 aromatic carbocycles. The van der Waals surface area contributed by atoms with Gasteiger partial charge >= 0.3 is 5.97 Å². The number of rotatable bonds is 7. The molecule has 1 aliphatic carbocycles. The lowest BCUT2D eigenvalue weighted by atomic mass is 9.86. The van der Waals surface area contributed by atoms with Crippen LogP contribution in [0, 0.1) is 5.92 Å². The van der Waals surface area contributed by atoms with Crippen LogP contribution >= 0.6 is 11.3 Å². The second-order valence-corrected chi connectivity index (χ2v) is 9.95. The van der Waals surface area contributed by atoms with Crippen LogP contribution in [0.2, 0.25) is 0 Å². The molecule has 1 saturated carbocycles. The minimum absolute atomic E-state index is 0.0477. The second-order valence-electron chi connectivity index (χ2n) is 7.10. The van der Waals surface area contributed by atoms with Crippen molar-refractivity contribution >= 4 is 38.9 Å². The number of hydrogen-bond donors (Lipinski definition) is 2. The standard InChI is InChI=1S/C20H24N2O5S2/c1-14-7-2-4-9-16(14)21-18(23)13-27-20(24)15-8-3-5-10-17(15)22-29(25,26)19-11-6-12-28-19/h3,5-6,8,10-12,14,16,22H,2,4,7,9,13H2,1H3,(H,21,23). The summed E-state index contributed by atoms with van der Waals surface area (Å²) >= 11 is 1.07. The molecule has 1 heterocycles. The molecule has 9 heteroatoms. The Morgan fingerprint density at radius 2 is 1.90 bits per heavy atom. The third-order valence-electron chi connectivity index (χ3n) is 4.94. The molecule has 0 saturated heterocycles. The van der Waals surface area contributed by atoms with Gasteiger partial charge < -0.3 is 10.1 Å². The molecule has 1 amide bonds. The van der Waals surface area contributed by atoms with Crippen LogP contribution in [0.4, 0.5) is 5.69 Å². The van der Waals surface area contributed by atoms with Gasteiger partial charge in [0.15, 0.2) is 6.61 Å². The molecular formula is C20H24N2O5S2. The molecule has 1 aromatic heterocycles. The topological polar surface area (TPSA) is 102 Å². The maximum absolute atomic E-state index is 12.5. The maximum Gasteiger partial charge on any atom is 0.340 e. The number of ether oxygens (including phenoxy) is 1. The highest BCUT2D eigenvalue weighted by atomic mass is 32.2. The summed E-state index contributed by atoms with van der Waals surface area (Å²) in [7, 11) is -3.80. The number of carbonyl (C=O) groups is 2. The highest BCUT2D eigenvalue weighted by Crippen LogP contribution is 2.24. The van der Waals surface area contributed by atoms with Crippen molar-refractivity contribution in [2.24, 2.45) is 5.92 Å². The van der Waals surface area contributed by atoms with Crippen LogP contribution in [0.3, 0.4) is 0 Å². The Morgan fingerprint density at radius 3 is 2.62 bits per heavy atom. The predicted molar refractivity (Wildman–Crippen MR) is 111 cm³/mol. The number of thiophene rings is 1. The number of hydrogen-bond acceptors (Lipinski definition) is 6. The molecule has 1 fully saturated rings. The quantitative estimate of drug-likeness (QED) is 0.648. The lowest BCUT2D eigenvalue weighted by molar-refractivity contribution is -0.125. The van der Waals surface area contributed by atoms with E-state index in [0.717, 1.165) is 30.6 Å². The first-order valence-electron chi connectivity index (χ1n) is 9.48. The average molecular weight is 437 g/mol. The van der Waals surface area contributed by atoms with E-state index in [1.54, 1.807) is 23.6 Å². The van der Waals surface area contributed by atoms with Crippen LogP contribution in [-0.4, -0.2) is 32.9 Å². The lowest BCUT2D eigenvalue weighted by Crippen LogP contribution is -2.42. The molecule has 0 bridgehead atoms. The summed E-state index contributed by atoms with van der Waals surface area (Å²) < 4.78 is 32.6. The number of esters is 1. The van der Waals surface area contributed by atoms with Gasteiger partial charge in [-0.05, 0) is 42.3 Å². The molecule has 156 valence electrons. The van der Waals surface area contributed by atoms with Crippen molar-refractivity contribution in [2.75, 3.05) is 11.3 Å². The van der Waals surface area contributed by atoms with Gasteiger partial charge in [-0.15, -0.1) is 11.3 Å². The van der Waals surface area contributed by atoms with Gasteiger partial charge in [0.05, 0.1) is 11.3 Å². The van der Waals surface area contributed by atoms with Gasteiger partial charge in [0.2, 0.25) is 0 Å². The number of sulfonamides is 1. The molecule has 2 N–H and O–H groups in total. The zero-order chi connectivity index (χ0) is 20.9. The van der Waals surface area contributed by atoms with Crippen molar-refractivity contribution in [2.45, 2.75) is 42.9 Å². The Morgan fingerprint density at radius 1 is 1.14 bits per heavy atom. The number of benzene rings is 1. The van der Waals surface area contributed by atoms with E-state index in [9.17, 15) is 18.0 Å². The maximum atomic E-state index is 12.5. The van der Waals surface area contributed by atoms with Crippen LogP contribution in [0.5, 0.6) is 0 Å². The second kappa shape index (κ2) is 9.41. The molecular weight excluding hydrogens is 412 g/mol. The Hall–Kier alpha value is -2.39. The normalized spacial score (nSPS) is 19.3. The summed E-state index contributed by atoms with van der Waals surface area (Å²) in [6.07, 6.45) is 4.24. The highest BCUT2D eigenvalue weighted by molar-refractivity contribution is 7.94. The highest BCUT2D eigenvalue weighted by Gasteiger charge is 2.24. The third kappa shape index (κ3) is 5.57. The summed E-state index contributed by atoms with van der Waals surface area (Å²) in [5, 5.41) is 4.57. The third-order valence-corrected chi connectivity index (χ3v) is 7.71. The number of anilines is 1. The number of para-hydroxylation sites is 1. The first kappa shape index (κ1) is 21.3. The largest absolute Gasteiger partial charge is 0.452 e. The Labute approximate surface area is 174 Å². The van der Waals surface area contributed by atoms with Crippen LogP contribution in [0.1, 0.15) is 43.0 Å². The fourth-order valence-electron chi connectivity index (χ4n) is 3.35. The minimum atomic E-state index is -3.80. The smallest absolute Gasteiger partial charge is 0.340 e. The molecule has 0 spiro atoms. The number of nitrogens with one attached hydrogen (secondary N) is 2. The Bertz CT molecular complexity index is 957. The van der Waals surface area contributed by atoms with Crippen molar-refractivity contribution in [3.63, 3.8) is 0 Å². The lowest BCUT2D eigenvalue weighted by Gasteiger charge is -2.29. The van der Waals surface area contributed by atoms with Gasteiger partial charge in [-0.3, -0.25) is 9.52 Å². The summed E-state index contributed by atoms with van der Waals surface area (Å²) in [4.78, 5) is 24.6. The molecule has 29 heavy (non-hydrogen) atoms. The molecule has 7 nitrogen and oxygen atoms in total. The summed E-state index contributed by atoms with van der Waals surface area (Å²) in [6.45, 7) is 1.69. The Balaban J connectivity index is 1.62. The fourth-order valence-corrected chi connectivity index (χ4v) is 5.42. The molecule has 0 aliphatic heterocycles. The summed E-state index contributed by atoms with van der Waals surface area (Å²) in [5.74, 6) is -0.717. The van der Waals surface area contributed by atoms with Gasteiger partial charge in [-0.2, -0.15) is 0 Å². The fraction of sp³-hybridized carbons (Fsp3) is 0.400. The SMILES string of the molecule is CC1CCCCC1NC(=O)COC(=O)c1ccccc1NS(=O)(=O)c1cccs1. The van der Waals surface area contributed by atoms with E-state index in [-0.39, 0.29) is 27.4 Å². The van der Waals surface area contributed by atoms with Crippen LogP contribution < -0.4 is 10.0 Å². The average Bonchev–Trinajstić information content (AvgIpc) is 3.24. The van der Waals surface area contributed by atoms with Crippen LogP contribution in [0.25, 0.3) is 0 Å². The van der Waals surface area contributed by atoms with Crippen LogP contribution in [-0.2, 0) is 19.6 Å². The van der Waals surface area contributed by atoms with Gasteiger partial charge in [-0.1, -0.05) is 38.0 Å². The van der Waals surface area contributed by atoms with Gasteiger partial charge in [0.25, 0.3) is 15.9 Å². The van der Waals surface area contributed by atoms with Crippen molar-refractivity contribution in [3.05, 3.63) is 47.3 Å².